The molecule has 1 aromatic heterocycles. The number of sulfone groups is 1. The second-order valence-corrected chi connectivity index (χ2v) is 7.29. The smallest absolute Gasteiger partial charge is 0.233 e. The normalized spacial score (nSPS) is 13.0. The van der Waals surface area contributed by atoms with Crippen LogP contribution in [0.4, 0.5) is 0 Å². The average molecular weight is 338 g/mol. The fourth-order valence-electron chi connectivity index (χ4n) is 2.28. The fraction of sp³-hybridized carbons (Fsp3) is 0.333. The Bertz CT molecular complexity index is 778. The van der Waals surface area contributed by atoms with E-state index in [2.05, 4.69) is 4.98 Å². The second kappa shape index (κ2) is 7.49. The Morgan fingerprint density at radius 3 is 2.83 bits per heavy atom. The van der Waals surface area contributed by atoms with E-state index in [4.69, 9.17) is 4.74 Å². The summed E-state index contributed by atoms with van der Waals surface area (Å²) >= 11 is 0. The van der Waals surface area contributed by atoms with Gasteiger partial charge in [-0.3, -0.25) is 15.0 Å². The lowest BCUT2D eigenvalue weighted by Gasteiger charge is -2.21. The third kappa shape index (κ3) is 4.72. The molecule has 0 radical (unpaired) electrons. The first-order valence-corrected chi connectivity index (χ1v) is 8.73. The molecule has 0 saturated heterocycles. The van der Waals surface area contributed by atoms with Crippen molar-refractivity contribution in [2.24, 2.45) is 0 Å². The largest absolute Gasteiger partial charge is 0.382 e. The Morgan fingerprint density at radius 2 is 2.13 bits per heavy atom. The van der Waals surface area contributed by atoms with Crippen LogP contribution in [0.3, 0.4) is 0 Å². The van der Waals surface area contributed by atoms with E-state index >= 15 is 0 Å². The van der Waals surface area contributed by atoms with Gasteiger partial charge in [0.1, 0.15) is 0 Å². The number of amides is 1. The van der Waals surface area contributed by atoms with Gasteiger partial charge in [-0.1, -0.05) is 18.2 Å². The lowest BCUT2D eigenvalue weighted by Crippen LogP contribution is -2.40. The zero-order valence-corrected chi connectivity index (χ0v) is 13.4. The van der Waals surface area contributed by atoms with Crippen LogP contribution < -0.4 is 0 Å². The summed E-state index contributed by atoms with van der Waals surface area (Å²) in [5, 5.41) is 10.6. The number of carbonyl (C=O) groups is 1. The van der Waals surface area contributed by atoms with Crippen molar-refractivity contribution < 1.29 is 23.2 Å². The standard InChI is InChI=1S/C15H18N2O5S/c1-22-8-14(17(19)11-18)10-23(20,21)9-12-6-13-4-2-3-5-15(13)16-7-12/h2-7,11,14,19H,8-10H2,1H3. The molecule has 0 bridgehead atoms. The van der Waals surface area contributed by atoms with E-state index in [1.54, 1.807) is 6.07 Å². The molecule has 0 spiro atoms. The van der Waals surface area contributed by atoms with Crippen LogP contribution in [-0.2, 0) is 25.1 Å². The first-order valence-electron chi connectivity index (χ1n) is 6.90. The number of benzene rings is 1. The molecule has 2 rings (SSSR count). The maximum absolute atomic E-state index is 12.3. The van der Waals surface area contributed by atoms with Gasteiger partial charge in [0.15, 0.2) is 9.84 Å². The highest BCUT2D eigenvalue weighted by atomic mass is 32.2. The number of aromatic nitrogens is 1. The molecule has 0 aliphatic rings. The molecule has 0 fully saturated rings. The number of para-hydroxylation sites is 1. The molecule has 1 aromatic carbocycles. The predicted molar refractivity (Wildman–Crippen MR) is 84.6 cm³/mol. The van der Waals surface area contributed by atoms with Crippen LogP contribution in [0, 0.1) is 0 Å². The van der Waals surface area contributed by atoms with Crippen molar-refractivity contribution in [1.82, 2.24) is 10.0 Å². The third-order valence-corrected chi connectivity index (χ3v) is 4.99. The van der Waals surface area contributed by atoms with Gasteiger partial charge in [-0.2, -0.15) is 0 Å². The minimum Gasteiger partial charge on any atom is -0.382 e. The molecule has 0 saturated carbocycles. The summed E-state index contributed by atoms with van der Waals surface area (Å²) in [7, 11) is -2.19. The van der Waals surface area contributed by atoms with Crippen molar-refractivity contribution in [2.45, 2.75) is 11.8 Å². The first-order chi connectivity index (χ1) is 10.9. The van der Waals surface area contributed by atoms with Gasteiger partial charge in [-0.25, -0.2) is 13.5 Å². The van der Waals surface area contributed by atoms with Gasteiger partial charge in [0.05, 0.1) is 29.7 Å². The van der Waals surface area contributed by atoms with Crippen molar-refractivity contribution in [2.75, 3.05) is 19.5 Å². The van der Waals surface area contributed by atoms with E-state index in [-0.39, 0.29) is 18.8 Å². The topological polar surface area (TPSA) is 96.8 Å². The average Bonchev–Trinajstić information content (AvgIpc) is 2.53. The van der Waals surface area contributed by atoms with E-state index in [0.29, 0.717) is 10.6 Å². The zero-order valence-electron chi connectivity index (χ0n) is 12.6. The Kier molecular flexibility index (Phi) is 5.64. The van der Waals surface area contributed by atoms with Gasteiger partial charge in [0.25, 0.3) is 0 Å². The number of hydrogen-bond donors (Lipinski definition) is 1. The fourth-order valence-corrected chi connectivity index (χ4v) is 3.90. The summed E-state index contributed by atoms with van der Waals surface area (Å²) in [5.74, 6) is -0.624. The number of carbonyl (C=O) groups excluding carboxylic acids is 1. The van der Waals surface area contributed by atoms with Crippen LogP contribution in [0.15, 0.2) is 36.5 Å². The van der Waals surface area contributed by atoms with Gasteiger partial charge in [0.2, 0.25) is 6.41 Å². The summed E-state index contributed by atoms with van der Waals surface area (Å²) in [6.45, 7) is -0.0789. The summed E-state index contributed by atoms with van der Waals surface area (Å²) in [4.78, 5) is 14.9. The van der Waals surface area contributed by atoms with Crippen molar-refractivity contribution >= 4 is 27.2 Å². The van der Waals surface area contributed by atoms with Crippen LogP contribution in [-0.4, -0.2) is 55.6 Å². The quantitative estimate of drug-likeness (QED) is 0.438. The van der Waals surface area contributed by atoms with Crippen molar-refractivity contribution in [3.05, 3.63) is 42.1 Å². The Morgan fingerprint density at radius 1 is 1.39 bits per heavy atom. The Balaban J connectivity index is 2.16. The van der Waals surface area contributed by atoms with Crippen LogP contribution in [0.5, 0.6) is 0 Å². The van der Waals surface area contributed by atoms with Crippen molar-refractivity contribution in [1.29, 1.82) is 0 Å². The van der Waals surface area contributed by atoms with Crippen molar-refractivity contribution in [3.8, 4) is 0 Å². The summed E-state index contributed by atoms with van der Waals surface area (Å²) in [5.41, 5.74) is 1.34. The molecule has 1 heterocycles. The molecule has 1 N–H and O–H groups in total. The highest BCUT2D eigenvalue weighted by Crippen LogP contribution is 2.15. The molecule has 1 amide bonds. The van der Waals surface area contributed by atoms with Gasteiger partial charge >= 0.3 is 0 Å². The van der Waals surface area contributed by atoms with Gasteiger partial charge in [0, 0.05) is 18.7 Å². The second-order valence-electron chi connectivity index (χ2n) is 5.19. The predicted octanol–water partition coefficient (Wildman–Crippen LogP) is 1.01. The number of nitrogens with zero attached hydrogens (tertiary/aromatic N) is 2. The number of hydroxylamine groups is 2. The number of fused-ring (bicyclic) bond motifs is 1. The summed E-state index contributed by atoms with van der Waals surface area (Å²) in [6, 6.07) is 8.23. The van der Waals surface area contributed by atoms with Gasteiger partial charge in [-0.15, -0.1) is 0 Å². The number of hydrogen-bond acceptors (Lipinski definition) is 6. The van der Waals surface area contributed by atoms with Crippen LogP contribution >= 0.6 is 0 Å². The van der Waals surface area contributed by atoms with E-state index in [0.717, 1.165) is 10.9 Å². The number of ether oxygens (including phenoxy) is 1. The van der Waals surface area contributed by atoms with Crippen LogP contribution in [0.2, 0.25) is 0 Å². The van der Waals surface area contributed by atoms with Gasteiger partial charge < -0.3 is 4.74 Å². The molecular weight excluding hydrogens is 320 g/mol. The number of rotatable bonds is 8. The maximum atomic E-state index is 12.3. The van der Waals surface area contributed by atoms with Crippen molar-refractivity contribution in [3.63, 3.8) is 0 Å². The highest BCUT2D eigenvalue weighted by molar-refractivity contribution is 7.90. The Labute approximate surface area is 134 Å². The minimum atomic E-state index is -3.56. The van der Waals surface area contributed by atoms with E-state index in [1.165, 1.54) is 13.3 Å². The SMILES string of the molecule is COCC(CS(=O)(=O)Cc1cnc2ccccc2c1)N(O)C=O. The van der Waals surface area contributed by atoms with E-state index < -0.39 is 21.6 Å². The lowest BCUT2D eigenvalue weighted by atomic mass is 10.2. The first kappa shape index (κ1) is 17.3. The molecule has 0 aliphatic heterocycles. The van der Waals surface area contributed by atoms with Crippen LogP contribution in [0.1, 0.15) is 5.56 Å². The van der Waals surface area contributed by atoms with Gasteiger partial charge in [-0.05, 0) is 17.7 Å². The number of methoxy groups -OCH3 is 1. The van der Waals surface area contributed by atoms with E-state index in [1.807, 2.05) is 24.3 Å². The third-order valence-electron chi connectivity index (χ3n) is 3.32. The molecule has 23 heavy (non-hydrogen) atoms. The minimum absolute atomic E-state index is 0.0789. The zero-order chi connectivity index (χ0) is 16.9. The molecule has 1 unspecified atom stereocenters. The molecule has 1 atom stereocenters. The van der Waals surface area contributed by atoms with Crippen LogP contribution in [0.25, 0.3) is 10.9 Å². The van der Waals surface area contributed by atoms with E-state index in [9.17, 15) is 18.4 Å². The monoisotopic (exact) mass is 338 g/mol. The molecule has 8 heteroatoms. The maximum Gasteiger partial charge on any atom is 0.233 e. The molecular formula is C15H18N2O5S. The number of pyridine rings is 1. The summed E-state index contributed by atoms with van der Waals surface area (Å²) < 4.78 is 29.5. The molecule has 0 aliphatic carbocycles. The highest BCUT2D eigenvalue weighted by Gasteiger charge is 2.24. The molecule has 124 valence electrons. The molecule has 7 nitrogen and oxygen atoms in total. The Hall–Kier alpha value is -2.03. The lowest BCUT2D eigenvalue weighted by molar-refractivity contribution is -0.162. The molecule has 2 aromatic rings. The summed E-state index contributed by atoms with van der Waals surface area (Å²) in [6.07, 6.45) is 1.68.